The zero-order valence-corrected chi connectivity index (χ0v) is 40.4. The first-order chi connectivity index (χ1) is 31.6. The molecule has 66 heavy (non-hydrogen) atoms. The highest BCUT2D eigenvalue weighted by atomic mass is 79.9. The molecule has 3 N–H and O–H groups in total. The van der Waals surface area contributed by atoms with Gasteiger partial charge in [-0.05, 0) is 110 Å². The number of halogens is 3. The van der Waals surface area contributed by atoms with Crippen molar-refractivity contribution in [1.29, 1.82) is 0 Å². The van der Waals surface area contributed by atoms with Crippen molar-refractivity contribution in [2.45, 2.75) is 64.3 Å². The predicted octanol–water partition coefficient (Wildman–Crippen LogP) is 6.81. The fourth-order valence-electron chi connectivity index (χ4n) is 9.50. The Hall–Kier alpha value is -5.29. The lowest BCUT2D eigenvalue weighted by molar-refractivity contribution is -0.134. The second kappa shape index (κ2) is 19.9. The number of hydrogen-bond acceptors (Lipinski definition) is 13. The highest BCUT2D eigenvalue weighted by Crippen LogP contribution is 2.42. The maximum atomic E-state index is 15.1. The van der Waals surface area contributed by atoms with Gasteiger partial charge in [0, 0.05) is 99.5 Å². The molecule has 3 aromatic carbocycles. The van der Waals surface area contributed by atoms with Gasteiger partial charge in [-0.15, -0.1) is 0 Å². The van der Waals surface area contributed by atoms with Gasteiger partial charge in [-0.25, -0.2) is 18.4 Å². The third-order valence-electron chi connectivity index (χ3n) is 12.9. The van der Waals surface area contributed by atoms with Crippen LogP contribution in [0.25, 0.3) is 10.8 Å². The van der Waals surface area contributed by atoms with E-state index in [1.54, 1.807) is 44.9 Å². The first-order valence-electron chi connectivity index (χ1n) is 22.6. The molecule has 0 radical (unpaired) electrons. The zero-order chi connectivity index (χ0) is 46.9. The number of carbonyl (C=O) groups excluding carboxylic acids is 2. The standard InChI is InChI=1S/C47H56BrF2N10O5P/c1-6-29-24-38(54-47-51-27-34(48)44(56-47)53-37-10-8-31-33(43(37)66(4,5)64)26-52-57(3)46(31)63)40(65-7-2)25-39(29)60-16-13-30(14-17-60)59-20-18-58(19-21-59)15-12-28-22-35(49)42(36(50)23-28)32-9-11-41(61)55-45(32)62/h8,10,22-27,30,32H,6-7,9,11-21H2,1-5H3,(H,55,61,62)(H2,51,53,54,56). The Morgan fingerprint density at radius 1 is 0.909 bits per heavy atom. The van der Waals surface area contributed by atoms with Crippen LogP contribution in [0.15, 0.2) is 58.1 Å². The third kappa shape index (κ3) is 10.2. The fourth-order valence-corrected chi connectivity index (χ4v) is 11.3. The first-order valence-corrected chi connectivity index (χ1v) is 25.9. The molecule has 1 unspecified atom stereocenters. The van der Waals surface area contributed by atoms with E-state index in [9.17, 15) is 18.9 Å². The molecule has 3 aliphatic heterocycles. The Bertz CT molecular complexity index is 2750. The molecule has 3 aliphatic rings. The van der Waals surface area contributed by atoms with E-state index >= 15 is 8.78 Å². The summed E-state index contributed by atoms with van der Waals surface area (Å²) in [6.07, 6.45) is 6.70. The van der Waals surface area contributed by atoms with Crippen molar-refractivity contribution in [2.75, 3.05) is 81.3 Å². The van der Waals surface area contributed by atoms with E-state index in [1.807, 2.05) is 6.92 Å². The van der Waals surface area contributed by atoms with Crippen LogP contribution in [0.1, 0.15) is 62.1 Å². The average molecular weight is 990 g/mol. The number of nitrogens with zero attached hydrogens (tertiary/aromatic N) is 7. The van der Waals surface area contributed by atoms with Crippen molar-refractivity contribution in [3.05, 3.63) is 91.9 Å². The van der Waals surface area contributed by atoms with Crippen LogP contribution in [-0.2, 0) is 34.0 Å². The minimum Gasteiger partial charge on any atom is -0.492 e. The number of aromatic nitrogens is 4. The van der Waals surface area contributed by atoms with Crippen molar-refractivity contribution < 1.29 is 27.7 Å². The van der Waals surface area contributed by atoms with E-state index in [0.717, 1.165) is 75.5 Å². The molecule has 19 heteroatoms. The molecule has 5 heterocycles. The number of rotatable bonds is 14. The minimum absolute atomic E-state index is 0.0592. The average Bonchev–Trinajstić information content (AvgIpc) is 3.28. The molecule has 350 valence electrons. The van der Waals surface area contributed by atoms with Crippen molar-refractivity contribution in [2.24, 2.45) is 7.05 Å². The molecule has 1 atom stereocenters. The molecule has 5 aromatic rings. The maximum absolute atomic E-state index is 15.1. The normalized spacial score (nSPS) is 17.9. The number of carbonyl (C=O) groups is 2. The molecule has 3 saturated heterocycles. The quantitative estimate of drug-likeness (QED) is 0.0786. The number of nitrogens with one attached hydrogen (secondary N) is 3. The topological polar surface area (TPSA) is 167 Å². The van der Waals surface area contributed by atoms with Crippen LogP contribution in [0.4, 0.5) is 37.6 Å². The molecule has 8 rings (SSSR count). The molecular weight excluding hydrogens is 933 g/mol. The van der Waals surface area contributed by atoms with E-state index in [0.29, 0.717) is 74.9 Å². The van der Waals surface area contributed by atoms with Gasteiger partial charge in [-0.3, -0.25) is 24.6 Å². The summed E-state index contributed by atoms with van der Waals surface area (Å²) in [5, 5.41) is 14.6. The summed E-state index contributed by atoms with van der Waals surface area (Å²) in [5.74, 6) is -2.10. The predicted molar refractivity (Wildman–Crippen MR) is 258 cm³/mol. The third-order valence-corrected chi connectivity index (χ3v) is 15.1. The summed E-state index contributed by atoms with van der Waals surface area (Å²) >= 11 is 3.58. The van der Waals surface area contributed by atoms with Crippen molar-refractivity contribution in [3.63, 3.8) is 0 Å². The van der Waals surface area contributed by atoms with Gasteiger partial charge in [-0.2, -0.15) is 10.1 Å². The number of ether oxygens (including phenoxy) is 1. The molecule has 0 spiro atoms. The van der Waals surface area contributed by atoms with Gasteiger partial charge >= 0.3 is 0 Å². The van der Waals surface area contributed by atoms with Crippen LogP contribution < -0.4 is 36.5 Å². The van der Waals surface area contributed by atoms with Gasteiger partial charge in [0.25, 0.3) is 5.56 Å². The Labute approximate surface area is 391 Å². The van der Waals surface area contributed by atoms with Gasteiger partial charge in [0.2, 0.25) is 17.8 Å². The molecular formula is C47H56BrF2N10O5P. The number of imide groups is 1. The number of hydrogen-bond donors (Lipinski definition) is 3. The fraction of sp³-hybridized carbons (Fsp3) is 0.447. The van der Waals surface area contributed by atoms with E-state index in [2.05, 4.69) is 75.7 Å². The Kier molecular flexibility index (Phi) is 14.2. The highest BCUT2D eigenvalue weighted by Gasteiger charge is 2.33. The monoisotopic (exact) mass is 988 g/mol. The number of benzene rings is 3. The number of piperazine rings is 1. The lowest BCUT2D eigenvalue weighted by Gasteiger charge is -2.43. The summed E-state index contributed by atoms with van der Waals surface area (Å²) in [4.78, 5) is 53.4. The molecule has 0 saturated carbocycles. The van der Waals surface area contributed by atoms with Crippen molar-refractivity contribution in [3.8, 4) is 5.75 Å². The molecule has 2 amide bonds. The Morgan fingerprint density at radius 3 is 2.30 bits per heavy atom. The molecule has 0 aliphatic carbocycles. The van der Waals surface area contributed by atoms with Gasteiger partial charge in [0.05, 0.1) is 40.0 Å². The number of aryl methyl sites for hydroxylation is 2. The van der Waals surface area contributed by atoms with E-state index < -0.39 is 36.5 Å². The Balaban J connectivity index is 0.890. The first kappa shape index (κ1) is 47.2. The van der Waals surface area contributed by atoms with Crippen LogP contribution in [0.3, 0.4) is 0 Å². The summed E-state index contributed by atoms with van der Waals surface area (Å²) in [7, 11) is -1.33. The van der Waals surface area contributed by atoms with Gasteiger partial charge in [0.1, 0.15) is 30.3 Å². The molecule has 2 aromatic heterocycles. The SMILES string of the molecule is CCOc1cc(N2CCC(N3CCN(CCc4cc(F)c(C5CCC(=O)NC5=O)c(F)c4)CC3)CC2)c(CC)cc1Nc1ncc(Br)c(Nc2ccc3c(=O)n(C)ncc3c2P(C)(C)=O)n1. The van der Waals surface area contributed by atoms with Gasteiger partial charge in [-0.1, -0.05) is 6.92 Å². The second-order valence-electron chi connectivity index (χ2n) is 17.6. The van der Waals surface area contributed by atoms with Gasteiger partial charge in [0.15, 0.2) is 0 Å². The van der Waals surface area contributed by atoms with Crippen LogP contribution in [0.2, 0.25) is 0 Å². The number of piperidine rings is 2. The number of fused-ring (bicyclic) bond motifs is 1. The highest BCUT2D eigenvalue weighted by molar-refractivity contribution is 9.10. The number of anilines is 5. The lowest BCUT2D eigenvalue weighted by Crippen LogP contribution is -2.53. The summed E-state index contributed by atoms with van der Waals surface area (Å²) in [6, 6.07) is 10.8. The minimum atomic E-state index is -2.91. The summed E-state index contributed by atoms with van der Waals surface area (Å²) < 4.78 is 52.0. The molecule has 3 fully saturated rings. The maximum Gasteiger partial charge on any atom is 0.274 e. The van der Waals surface area contributed by atoms with Crippen molar-refractivity contribution >= 4 is 79.8 Å². The summed E-state index contributed by atoms with van der Waals surface area (Å²) in [5.41, 5.74) is 3.61. The lowest BCUT2D eigenvalue weighted by atomic mass is 9.89. The van der Waals surface area contributed by atoms with Crippen LogP contribution >= 0.6 is 23.1 Å². The molecule has 15 nitrogen and oxygen atoms in total. The Morgan fingerprint density at radius 2 is 1.64 bits per heavy atom. The second-order valence-corrected chi connectivity index (χ2v) is 21.6. The van der Waals surface area contributed by atoms with Crippen molar-refractivity contribution in [1.82, 2.24) is 34.9 Å². The van der Waals surface area contributed by atoms with E-state index in [4.69, 9.17) is 9.72 Å². The zero-order valence-electron chi connectivity index (χ0n) is 37.9. The van der Waals surface area contributed by atoms with Gasteiger partial charge < -0.3 is 29.7 Å². The van der Waals surface area contributed by atoms with E-state index in [1.165, 1.54) is 16.8 Å². The largest absolute Gasteiger partial charge is 0.492 e. The summed E-state index contributed by atoms with van der Waals surface area (Å²) in [6.45, 7) is 14.0. The smallest absolute Gasteiger partial charge is 0.274 e. The van der Waals surface area contributed by atoms with Crippen LogP contribution in [-0.4, -0.2) is 113 Å². The van der Waals surface area contributed by atoms with Crippen LogP contribution in [0.5, 0.6) is 5.75 Å². The van der Waals surface area contributed by atoms with Crippen LogP contribution in [0, 0.1) is 11.6 Å². The van der Waals surface area contributed by atoms with E-state index in [-0.39, 0.29) is 24.0 Å². The number of amides is 2. The molecule has 0 bridgehead atoms.